The molecule has 3 N–H and O–H groups in total. The summed E-state index contributed by atoms with van der Waals surface area (Å²) in [6, 6.07) is 5.46. The standard InChI is InChI=1S/C13H19ClN2OS/c1-4-7-13(2,15)12(17)16-9-5-6-11(18-3)10(14)8-9/h5-6,8H,4,7,15H2,1-3H3,(H,16,17). The van der Waals surface area contributed by atoms with E-state index in [4.69, 9.17) is 17.3 Å². The van der Waals surface area contributed by atoms with Crippen LogP contribution in [0.2, 0.25) is 5.02 Å². The van der Waals surface area contributed by atoms with Crippen molar-refractivity contribution in [2.24, 2.45) is 5.73 Å². The van der Waals surface area contributed by atoms with E-state index in [1.165, 1.54) is 0 Å². The zero-order valence-corrected chi connectivity index (χ0v) is 12.5. The molecule has 0 aliphatic rings. The maximum absolute atomic E-state index is 12.0. The normalized spacial score (nSPS) is 14.1. The lowest BCUT2D eigenvalue weighted by Crippen LogP contribution is -2.48. The highest BCUT2D eigenvalue weighted by Gasteiger charge is 2.27. The molecular formula is C13H19ClN2OS. The van der Waals surface area contributed by atoms with Crippen LogP contribution in [0.5, 0.6) is 0 Å². The summed E-state index contributed by atoms with van der Waals surface area (Å²) >= 11 is 7.65. The molecule has 0 aliphatic carbocycles. The minimum Gasteiger partial charge on any atom is -0.324 e. The summed E-state index contributed by atoms with van der Waals surface area (Å²) in [5, 5.41) is 3.44. The Bertz CT molecular complexity index is 435. The van der Waals surface area contributed by atoms with E-state index in [1.54, 1.807) is 24.8 Å². The van der Waals surface area contributed by atoms with Crippen molar-refractivity contribution in [1.29, 1.82) is 0 Å². The number of thioether (sulfide) groups is 1. The minimum absolute atomic E-state index is 0.183. The monoisotopic (exact) mass is 286 g/mol. The number of carbonyl (C=O) groups is 1. The fourth-order valence-electron chi connectivity index (χ4n) is 1.65. The summed E-state index contributed by atoms with van der Waals surface area (Å²) in [6.07, 6.45) is 3.47. The molecule has 1 unspecified atom stereocenters. The molecule has 18 heavy (non-hydrogen) atoms. The molecule has 0 aromatic heterocycles. The van der Waals surface area contributed by atoms with E-state index in [0.717, 1.165) is 11.3 Å². The number of benzene rings is 1. The fourth-order valence-corrected chi connectivity index (χ4v) is 2.52. The maximum Gasteiger partial charge on any atom is 0.244 e. The molecular weight excluding hydrogens is 268 g/mol. The quantitative estimate of drug-likeness (QED) is 0.814. The van der Waals surface area contributed by atoms with E-state index >= 15 is 0 Å². The van der Waals surface area contributed by atoms with Gasteiger partial charge in [0, 0.05) is 10.6 Å². The van der Waals surface area contributed by atoms with Gasteiger partial charge in [-0.05, 0) is 37.8 Å². The van der Waals surface area contributed by atoms with Crippen LogP contribution in [-0.4, -0.2) is 17.7 Å². The van der Waals surface area contributed by atoms with Gasteiger partial charge in [-0.15, -0.1) is 11.8 Å². The first-order valence-corrected chi connectivity index (χ1v) is 7.45. The molecule has 0 radical (unpaired) electrons. The van der Waals surface area contributed by atoms with Crippen LogP contribution in [0, 0.1) is 0 Å². The Morgan fingerprint density at radius 3 is 2.72 bits per heavy atom. The van der Waals surface area contributed by atoms with E-state index < -0.39 is 5.54 Å². The zero-order valence-electron chi connectivity index (χ0n) is 10.9. The largest absolute Gasteiger partial charge is 0.324 e. The Morgan fingerprint density at radius 1 is 1.56 bits per heavy atom. The first-order chi connectivity index (χ1) is 8.40. The summed E-state index contributed by atoms with van der Waals surface area (Å²) in [4.78, 5) is 13.0. The summed E-state index contributed by atoms with van der Waals surface area (Å²) in [6.45, 7) is 3.74. The number of anilines is 1. The van der Waals surface area contributed by atoms with Crippen molar-refractivity contribution in [2.45, 2.75) is 37.1 Å². The third kappa shape index (κ3) is 3.90. The second-order valence-electron chi connectivity index (χ2n) is 4.47. The Morgan fingerprint density at radius 2 is 2.22 bits per heavy atom. The molecule has 0 fully saturated rings. The maximum atomic E-state index is 12.0. The third-order valence-corrected chi connectivity index (χ3v) is 3.92. The Labute approximate surface area is 117 Å². The minimum atomic E-state index is -0.848. The van der Waals surface area contributed by atoms with Gasteiger partial charge in [0.05, 0.1) is 10.6 Å². The van der Waals surface area contributed by atoms with Gasteiger partial charge >= 0.3 is 0 Å². The molecule has 0 spiro atoms. The van der Waals surface area contributed by atoms with E-state index in [9.17, 15) is 4.79 Å². The summed E-state index contributed by atoms with van der Waals surface area (Å²) in [5.74, 6) is -0.183. The van der Waals surface area contributed by atoms with Crippen molar-refractivity contribution < 1.29 is 4.79 Å². The summed E-state index contributed by atoms with van der Waals surface area (Å²) in [5.41, 5.74) is 5.79. The number of halogens is 1. The van der Waals surface area contributed by atoms with Gasteiger partial charge in [0.15, 0.2) is 0 Å². The molecule has 1 rings (SSSR count). The van der Waals surface area contributed by atoms with Crippen LogP contribution in [0.25, 0.3) is 0 Å². The second-order valence-corrected chi connectivity index (χ2v) is 5.73. The number of nitrogens with one attached hydrogen (secondary N) is 1. The highest BCUT2D eigenvalue weighted by Crippen LogP contribution is 2.28. The molecule has 0 saturated carbocycles. The molecule has 100 valence electrons. The van der Waals surface area contributed by atoms with Crippen molar-refractivity contribution >= 4 is 35.0 Å². The van der Waals surface area contributed by atoms with Crippen molar-refractivity contribution in [3.63, 3.8) is 0 Å². The number of rotatable bonds is 5. The second kappa shape index (κ2) is 6.45. The van der Waals surface area contributed by atoms with Crippen LogP contribution in [0.4, 0.5) is 5.69 Å². The van der Waals surface area contributed by atoms with Gasteiger partial charge in [-0.1, -0.05) is 24.9 Å². The SMILES string of the molecule is CCCC(C)(N)C(=O)Nc1ccc(SC)c(Cl)c1. The molecule has 0 bridgehead atoms. The van der Waals surface area contributed by atoms with E-state index in [2.05, 4.69) is 5.32 Å². The highest BCUT2D eigenvalue weighted by molar-refractivity contribution is 7.98. The lowest BCUT2D eigenvalue weighted by Gasteiger charge is -2.23. The zero-order chi connectivity index (χ0) is 13.8. The topological polar surface area (TPSA) is 55.1 Å². The fraction of sp³-hybridized carbons (Fsp3) is 0.462. The van der Waals surface area contributed by atoms with Gasteiger partial charge in [-0.25, -0.2) is 0 Å². The average Bonchev–Trinajstić information content (AvgIpc) is 2.29. The van der Waals surface area contributed by atoms with Gasteiger partial charge < -0.3 is 11.1 Å². The number of amides is 1. The Balaban J connectivity index is 2.79. The molecule has 5 heteroatoms. The van der Waals surface area contributed by atoms with Crippen molar-refractivity contribution in [3.05, 3.63) is 23.2 Å². The van der Waals surface area contributed by atoms with Gasteiger partial charge in [-0.3, -0.25) is 4.79 Å². The van der Waals surface area contributed by atoms with Crippen LogP contribution < -0.4 is 11.1 Å². The van der Waals surface area contributed by atoms with Crippen molar-refractivity contribution in [1.82, 2.24) is 0 Å². The van der Waals surface area contributed by atoms with Crippen molar-refractivity contribution in [3.8, 4) is 0 Å². The average molecular weight is 287 g/mol. The van der Waals surface area contributed by atoms with Gasteiger partial charge in [-0.2, -0.15) is 0 Å². The van der Waals surface area contributed by atoms with Crippen LogP contribution in [-0.2, 0) is 4.79 Å². The number of hydrogen-bond acceptors (Lipinski definition) is 3. The van der Waals surface area contributed by atoms with Gasteiger partial charge in [0.2, 0.25) is 5.91 Å². The van der Waals surface area contributed by atoms with Crippen LogP contribution in [0.1, 0.15) is 26.7 Å². The van der Waals surface area contributed by atoms with Crippen LogP contribution in [0.3, 0.4) is 0 Å². The first kappa shape index (κ1) is 15.3. The first-order valence-electron chi connectivity index (χ1n) is 5.84. The Kier molecular flexibility index (Phi) is 5.50. The summed E-state index contributed by atoms with van der Waals surface area (Å²) in [7, 11) is 0. The number of nitrogens with two attached hydrogens (primary N) is 1. The lowest BCUT2D eigenvalue weighted by atomic mass is 9.96. The van der Waals surface area contributed by atoms with E-state index in [-0.39, 0.29) is 5.91 Å². The van der Waals surface area contributed by atoms with Crippen molar-refractivity contribution in [2.75, 3.05) is 11.6 Å². The predicted octanol–water partition coefficient (Wildman–Crippen LogP) is 3.52. The molecule has 1 aromatic rings. The highest BCUT2D eigenvalue weighted by atomic mass is 35.5. The lowest BCUT2D eigenvalue weighted by molar-refractivity contribution is -0.120. The Hall–Kier alpha value is -0.710. The molecule has 3 nitrogen and oxygen atoms in total. The van der Waals surface area contributed by atoms with E-state index in [0.29, 0.717) is 17.1 Å². The molecule has 1 atom stereocenters. The van der Waals surface area contributed by atoms with Crippen LogP contribution in [0.15, 0.2) is 23.1 Å². The smallest absolute Gasteiger partial charge is 0.244 e. The molecule has 0 aliphatic heterocycles. The number of carbonyl (C=O) groups excluding carboxylic acids is 1. The van der Waals surface area contributed by atoms with Gasteiger partial charge in [0.1, 0.15) is 0 Å². The summed E-state index contributed by atoms with van der Waals surface area (Å²) < 4.78 is 0. The van der Waals surface area contributed by atoms with E-state index in [1.807, 2.05) is 25.3 Å². The third-order valence-electron chi connectivity index (χ3n) is 2.70. The van der Waals surface area contributed by atoms with Crippen LogP contribution >= 0.6 is 23.4 Å². The molecule has 1 amide bonds. The predicted molar refractivity (Wildman–Crippen MR) is 79.4 cm³/mol. The number of hydrogen-bond donors (Lipinski definition) is 2. The molecule has 1 aromatic carbocycles. The molecule has 0 heterocycles. The molecule has 0 saturated heterocycles. The van der Waals surface area contributed by atoms with Gasteiger partial charge in [0.25, 0.3) is 0 Å².